The van der Waals surface area contributed by atoms with E-state index in [1.165, 1.54) is 0 Å². The minimum absolute atomic E-state index is 0.137. The maximum absolute atomic E-state index is 13.2. The smallest absolute Gasteiger partial charge is 0.310 e. The second-order valence-electron chi connectivity index (χ2n) is 8.47. The van der Waals surface area contributed by atoms with Crippen molar-refractivity contribution >= 4 is 16.9 Å². The third-order valence-corrected chi connectivity index (χ3v) is 5.81. The minimum Gasteiger partial charge on any atom is -0.489 e. The molecule has 1 atom stereocenters. The third kappa shape index (κ3) is 5.93. The van der Waals surface area contributed by atoms with Gasteiger partial charge in [-0.15, -0.1) is 0 Å². The number of carbonyl (C=O) groups is 1. The van der Waals surface area contributed by atoms with Gasteiger partial charge >= 0.3 is 5.97 Å². The first-order valence-corrected chi connectivity index (χ1v) is 11.8. The molecule has 0 aliphatic rings. The molecule has 0 saturated carbocycles. The SMILES string of the molecule is CCOC(=O)Cc1ccccc1OCc1cc(-c2cccc(C(N)CF)c2)c2oc(COC)cc2c1. The Hall–Kier alpha value is -3.68. The number of benzene rings is 3. The molecule has 4 aromatic rings. The van der Waals surface area contributed by atoms with E-state index in [0.717, 1.165) is 27.6 Å². The molecule has 0 bridgehead atoms. The topological polar surface area (TPSA) is 83.9 Å². The quantitative estimate of drug-likeness (QED) is 0.263. The highest BCUT2D eigenvalue weighted by atomic mass is 19.1. The van der Waals surface area contributed by atoms with Crippen molar-refractivity contribution in [3.63, 3.8) is 0 Å². The molecule has 0 aliphatic carbocycles. The molecule has 0 spiro atoms. The highest BCUT2D eigenvalue weighted by molar-refractivity contribution is 5.93. The van der Waals surface area contributed by atoms with Crippen LogP contribution in [0.4, 0.5) is 4.39 Å². The number of alkyl halides is 1. The number of methoxy groups -OCH3 is 1. The Kier molecular flexibility index (Phi) is 8.36. The van der Waals surface area contributed by atoms with Crippen LogP contribution in [0.5, 0.6) is 5.75 Å². The van der Waals surface area contributed by atoms with E-state index in [1.807, 2.05) is 66.7 Å². The first-order chi connectivity index (χ1) is 17.5. The van der Waals surface area contributed by atoms with Crippen LogP contribution in [0.3, 0.4) is 0 Å². The van der Waals surface area contributed by atoms with E-state index in [2.05, 4.69) is 0 Å². The molecule has 0 fully saturated rings. The molecule has 4 rings (SSSR count). The first kappa shape index (κ1) is 25.4. The van der Waals surface area contributed by atoms with Crippen molar-refractivity contribution in [1.82, 2.24) is 0 Å². The molecule has 0 aliphatic heterocycles. The maximum atomic E-state index is 13.2. The van der Waals surface area contributed by atoms with Crippen LogP contribution in [0.25, 0.3) is 22.1 Å². The Morgan fingerprint density at radius 2 is 1.89 bits per heavy atom. The van der Waals surface area contributed by atoms with Gasteiger partial charge in [0.25, 0.3) is 0 Å². The summed E-state index contributed by atoms with van der Waals surface area (Å²) in [6.07, 6.45) is 0.137. The zero-order valence-electron chi connectivity index (χ0n) is 20.5. The Balaban J connectivity index is 1.68. The third-order valence-electron chi connectivity index (χ3n) is 5.81. The number of esters is 1. The standard InChI is InChI=1S/C29H30FNO5/c1-3-34-28(32)15-22-7-4-5-10-27(22)35-17-19-11-23-14-24(18-33-2)36-29(23)25(12-19)20-8-6-9-21(13-20)26(31)16-30/h4-14,26H,3,15-18,31H2,1-2H3. The van der Waals surface area contributed by atoms with Gasteiger partial charge in [-0.05, 0) is 53.9 Å². The van der Waals surface area contributed by atoms with E-state index in [-0.39, 0.29) is 19.0 Å². The molecule has 0 saturated heterocycles. The van der Waals surface area contributed by atoms with Crippen molar-refractivity contribution in [2.24, 2.45) is 5.73 Å². The molecule has 1 heterocycles. The molecule has 1 unspecified atom stereocenters. The summed E-state index contributed by atoms with van der Waals surface area (Å²) in [6.45, 7) is 2.09. The van der Waals surface area contributed by atoms with Crippen LogP contribution in [-0.4, -0.2) is 26.4 Å². The zero-order chi connectivity index (χ0) is 25.5. The number of ether oxygens (including phenoxy) is 3. The highest BCUT2D eigenvalue weighted by Crippen LogP contribution is 2.34. The van der Waals surface area contributed by atoms with Crippen molar-refractivity contribution in [3.05, 3.63) is 89.2 Å². The van der Waals surface area contributed by atoms with Gasteiger partial charge < -0.3 is 24.4 Å². The molecule has 2 N–H and O–H groups in total. The van der Waals surface area contributed by atoms with E-state index in [0.29, 0.717) is 35.9 Å². The number of hydrogen-bond acceptors (Lipinski definition) is 6. The number of hydrogen-bond donors (Lipinski definition) is 1. The van der Waals surface area contributed by atoms with Gasteiger partial charge in [-0.25, -0.2) is 4.39 Å². The van der Waals surface area contributed by atoms with Crippen molar-refractivity contribution < 1.29 is 27.8 Å². The van der Waals surface area contributed by atoms with Gasteiger partial charge in [0.2, 0.25) is 0 Å². The summed E-state index contributed by atoms with van der Waals surface area (Å²) in [5.41, 5.74) is 10.7. The minimum atomic E-state index is -0.691. The Morgan fingerprint density at radius 1 is 1.06 bits per heavy atom. The highest BCUT2D eigenvalue weighted by Gasteiger charge is 2.16. The van der Waals surface area contributed by atoms with Crippen molar-refractivity contribution in [1.29, 1.82) is 0 Å². The van der Waals surface area contributed by atoms with E-state index in [9.17, 15) is 9.18 Å². The van der Waals surface area contributed by atoms with Crippen LogP contribution >= 0.6 is 0 Å². The van der Waals surface area contributed by atoms with Crippen LogP contribution in [0.15, 0.2) is 71.1 Å². The molecule has 0 amide bonds. The van der Waals surface area contributed by atoms with Gasteiger partial charge in [0, 0.05) is 23.6 Å². The zero-order valence-corrected chi connectivity index (χ0v) is 20.5. The van der Waals surface area contributed by atoms with Gasteiger partial charge in [0.1, 0.15) is 37.0 Å². The molecule has 1 aromatic heterocycles. The monoisotopic (exact) mass is 491 g/mol. The number of fused-ring (bicyclic) bond motifs is 1. The average molecular weight is 492 g/mol. The lowest BCUT2D eigenvalue weighted by Crippen LogP contribution is -2.11. The largest absolute Gasteiger partial charge is 0.489 e. The number of para-hydroxylation sites is 1. The van der Waals surface area contributed by atoms with Gasteiger partial charge in [-0.3, -0.25) is 4.79 Å². The lowest BCUT2D eigenvalue weighted by Gasteiger charge is -2.13. The summed E-state index contributed by atoms with van der Waals surface area (Å²) in [5.74, 6) is 1.02. The molecule has 0 radical (unpaired) electrons. The molecule has 7 heteroatoms. The number of furan rings is 1. The predicted molar refractivity (Wildman–Crippen MR) is 136 cm³/mol. The summed E-state index contributed by atoms with van der Waals surface area (Å²) in [6, 6.07) is 20.2. The van der Waals surface area contributed by atoms with Crippen molar-refractivity contribution in [3.8, 4) is 16.9 Å². The van der Waals surface area contributed by atoms with Crippen LogP contribution in [0.2, 0.25) is 0 Å². The fraction of sp³-hybridized carbons (Fsp3) is 0.276. The van der Waals surface area contributed by atoms with E-state index < -0.39 is 12.7 Å². The van der Waals surface area contributed by atoms with Crippen LogP contribution in [0.1, 0.15) is 35.4 Å². The van der Waals surface area contributed by atoms with Crippen LogP contribution in [0, 0.1) is 0 Å². The molecule has 188 valence electrons. The summed E-state index contributed by atoms with van der Waals surface area (Å²) in [4.78, 5) is 12.0. The number of halogens is 1. The van der Waals surface area contributed by atoms with Gasteiger partial charge in [-0.2, -0.15) is 0 Å². The molecule has 3 aromatic carbocycles. The Morgan fingerprint density at radius 3 is 2.67 bits per heavy atom. The first-order valence-electron chi connectivity index (χ1n) is 11.8. The summed E-state index contributed by atoms with van der Waals surface area (Å²) in [5, 5.41) is 0.901. The van der Waals surface area contributed by atoms with E-state index in [4.69, 9.17) is 24.4 Å². The van der Waals surface area contributed by atoms with E-state index >= 15 is 0 Å². The van der Waals surface area contributed by atoms with Gasteiger partial charge in [0.05, 0.1) is 19.1 Å². The fourth-order valence-electron chi connectivity index (χ4n) is 4.12. The molecule has 6 nitrogen and oxygen atoms in total. The molecular formula is C29H30FNO5. The fourth-order valence-corrected chi connectivity index (χ4v) is 4.12. The second-order valence-corrected chi connectivity index (χ2v) is 8.47. The number of carbonyl (C=O) groups excluding carboxylic acids is 1. The summed E-state index contributed by atoms with van der Waals surface area (Å²) >= 11 is 0. The second kappa shape index (κ2) is 11.8. The molecule has 36 heavy (non-hydrogen) atoms. The van der Waals surface area contributed by atoms with Crippen molar-refractivity contribution in [2.45, 2.75) is 32.6 Å². The maximum Gasteiger partial charge on any atom is 0.310 e. The van der Waals surface area contributed by atoms with Crippen LogP contribution < -0.4 is 10.5 Å². The average Bonchev–Trinajstić information content (AvgIpc) is 3.30. The lowest BCUT2D eigenvalue weighted by atomic mass is 9.97. The summed E-state index contributed by atoms with van der Waals surface area (Å²) < 4.78 is 35.8. The lowest BCUT2D eigenvalue weighted by molar-refractivity contribution is -0.142. The number of nitrogens with two attached hydrogens (primary N) is 1. The van der Waals surface area contributed by atoms with E-state index in [1.54, 1.807) is 14.0 Å². The predicted octanol–water partition coefficient (Wildman–Crippen LogP) is 5.90. The normalized spacial score (nSPS) is 12.0. The Labute approximate surface area is 209 Å². The van der Waals surface area contributed by atoms with Crippen LogP contribution in [-0.2, 0) is 33.9 Å². The van der Waals surface area contributed by atoms with Crippen molar-refractivity contribution in [2.75, 3.05) is 20.4 Å². The number of rotatable bonds is 11. The summed E-state index contributed by atoms with van der Waals surface area (Å²) in [7, 11) is 1.61. The molecular weight excluding hydrogens is 461 g/mol. The van der Waals surface area contributed by atoms with Gasteiger partial charge in [-0.1, -0.05) is 36.4 Å². The van der Waals surface area contributed by atoms with Gasteiger partial charge in [0.15, 0.2) is 0 Å². The Bertz CT molecular complexity index is 1330.